The number of hydrogen-bond donors (Lipinski definition) is 0. The van der Waals surface area contributed by atoms with Crippen LogP contribution in [0.15, 0.2) is 6.20 Å². The summed E-state index contributed by atoms with van der Waals surface area (Å²) in [6, 6.07) is 0.436. The number of rotatable bonds is 2. The first kappa shape index (κ1) is 10.8. The molecule has 3 rings (SSSR count). The SMILES string of the molecule is COc1nc(Cl)nc2cnn(C3CCCC3)c12. The average molecular weight is 253 g/mol. The molecular formula is C11H13ClN4O. The Kier molecular flexibility index (Phi) is 2.63. The lowest BCUT2D eigenvalue weighted by molar-refractivity contribution is 0.394. The average Bonchev–Trinajstić information content (AvgIpc) is 2.94. The van der Waals surface area contributed by atoms with Crippen molar-refractivity contribution in [3.63, 3.8) is 0 Å². The van der Waals surface area contributed by atoms with Gasteiger partial charge in [-0.25, -0.2) is 4.98 Å². The molecule has 90 valence electrons. The molecule has 0 unspecified atom stereocenters. The van der Waals surface area contributed by atoms with Gasteiger partial charge in [0.05, 0.1) is 19.3 Å². The van der Waals surface area contributed by atoms with Crippen molar-refractivity contribution in [1.29, 1.82) is 0 Å². The Balaban J connectivity index is 2.18. The van der Waals surface area contributed by atoms with Crippen LogP contribution in [0.4, 0.5) is 0 Å². The van der Waals surface area contributed by atoms with Gasteiger partial charge in [0.1, 0.15) is 11.0 Å². The fourth-order valence-corrected chi connectivity index (χ4v) is 2.64. The molecule has 5 nitrogen and oxygen atoms in total. The van der Waals surface area contributed by atoms with E-state index in [0.29, 0.717) is 11.9 Å². The van der Waals surface area contributed by atoms with Gasteiger partial charge in [0.25, 0.3) is 0 Å². The first-order valence-corrected chi connectivity index (χ1v) is 6.12. The lowest BCUT2D eigenvalue weighted by Crippen LogP contribution is -2.07. The second kappa shape index (κ2) is 4.14. The molecule has 0 bridgehead atoms. The van der Waals surface area contributed by atoms with Gasteiger partial charge in [-0.2, -0.15) is 10.1 Å². The number of ether oxygens (including phenoxy) is 1. The van der Waals surface area contributed by atoms with Crippen molar-refractivity contribution in [2.45, 2.75) is 31.7 Å². The van der Waals surface area contributed by atoms with Crippen molar-refractivity contribution in [3.05, 3.63) is 11.5 Å². The largest absolute Gasteiger partial charge is 0.479 e. The zero-order chi connectivity index (χ0) is 11.8. The summed E-state index contributed by atoms with van der Waals surface area (Å²) in [5, 5.41) is 4.60. The minimum absolute atomic E-state index is 0.195. The van der Waals surface area contributed by atoms with Crippen LogP contribution in [0, 0.1) is 0 Å². The Bertz CT molecular complexity index is 548. The van der Waals surface area contributed by atoms with Gasteiger partial charge in [-0.1, -0.05) is 12.8 Å². The Labute approximate surface area is 104 Å². The smallest absolute Gasteiger partial charge is 0.244 e. The number of nitrogens with zero attached hydrogens (tertiary/aromatic N) is 4. The summed E-state index contributed by atoms with van der Waals surface area (Å²) in [5.74, 6) is 0.504. The molecule has 17 heavy (non-hydrogen) atoms. The van der Waals surface area contributed by atoms with Crippen molar-refractivity contribution in [2.24, 2.45) is 0 Å². The molecule has 0 aromatic carbocycles. The van der Waals surface area contributed by atoms with Gasteiger partial charge >= 0.3 is 0 Å². The highest BCUT2D eigenvalue weighted by Gasteiger charge is 2.22. The van der Waals surface area contributed by atoms with Gasteiger partial charge in [-0.3, -0.25) is 4.68 Å². The normalized spacial score (nSPS) is 16.8. The molecule has 6 heteroatoms. The van der Waals surface area contributed by atoms with Crippen LogP contribution in [0.3, 0.4) is 0 Å². The van der Waals surface area contributed by atoms with Crippen molar-refractivity contribution in [3.8, 4) is 5.88 Å². The molecule has 1 aliphatic carbocycles. The minimum Gasteiger partial charge on any atom is -0.479 e. The number of methoxy groups -OCH3 is 1. The standard InChI is InChI=1S/C11H13ClN4O/c1-17-10-9-8(14-11(12)15-10)6-13-16(9)7-4-2-3-5-7/h6-7H,2-5H2,1H3. The highest BCUT2D eigenvalue weighted by molar-refractivity contribution is 6.28. The van der Waals surface area contributed by atoms with Crippen molar-refractivity contribution < 1.29 is 4.74 Å². The summed E-state index contributed by atoms with van der Waals surface area (Å²) in [6.07, 6.45) is 6.54. The monoisotopic (exact) mass is 252 g/mol. The topological polar surface area (TPSA) is 52.8 Å². The molecule has 0 aliphatic heterocycles. The fraction of sp³-hybridized carbons (Fsp3) is 0.545. The Morgan fingerprint density at radius 3 is 2.82 bits per heavy atom. The van der Waals surface area contributed by atoms with Crippen molar-refractivity contribution in [2.75, 3.05) is 7.11 Å². The molecule has 1 fully saturated rings. The molecule has 2 heterocycles. The van der Waals surface area contributed by atoms with Crippen LogP contribution in [0.2, 0.25) is 5.28 Å². The van der Waals surface area contributed by atoms with Crippen LogP contribution in [-0.4, -0.2) is 26.9 Å². The molecule has 1 saturated carbocycles. The Hall–Kier alpha value is -1.36. The molecule has 2 aromatic heterocycles. The van der Waals surface area contributed by atoms with Crippen molar-refractivity contribution in [1.82, 2.24) is 19.7 Å². The van der Waals surface area contributed by atoms with Gasteiger partial charge in [-0.15, -0.1) is 0 Å². The van der Waals surface area contributed by atoms with E-state index in [1.165, 1.54) is 12.8 Å². The highest BCUT2D eigenvalue weighted by Crippen LogP contribution is 2.34. The summed E-state index contributed by atoms with van der Waals surface area (Å²) in [7, 11) is 1.59. The second-order valence-electron chi connectivity index (χ2n) is 4.26. The number of fused-ring (bicyclic) bond motifs is 1. The maximum atomic E-state index is 5.83. The molecular weight excluding hydrogens is 240 g/mol. The maximum Gasteiger partial charge on any atom is 0.244 e. The lowest BCUT2D eigenvalue weighted by Gasteiger charge is -2.12. The summed E-state index contributed by atoms with van der Waals surface area (Å²) >= 11 is 5.83. The van der Waals surface area contributed by atoms with Crippen LogP contribution in [0.1, 0.15) is 31.7 Å². The third kappa shape index (κ3) is 1.74. The van der Waals surface area contributed by atoms with Crippen LogP contribution in [0.5, 0.6) is 5.88 Å². The highest BCUT2D eigenvalue weighted by atomic mass is 35.5. The predicted molar refractivity (Wildman–Crippen MR) is 64.4 cm³/mol. The third-order valence-corrected chi connectivity index (χ3v) is 3.42. The summed E-state index contributed by atoms with van der Waals surface area (Å²) < 4.78 is 7.25. The van der Waals surface area contributed by atoms with Crippen LogP contribution < -0.4 is 4.74 Å². The van der Waals surface area contributed by atoms with E-state index in [2.05, 4.69) is 15.1 Å². The maximum absolute atomic E-state index is 5.83. The van der Waals surface area contributed by atoms with Gasteiger partial charge in [0, 0.05) is 0 Å². The van der Waals surface area contributed by atoms with E-state index in [0.717, 1.165) is 23.9 Å². The van der Waals surface area contributed by atoms with Crippen LogP contribution in [0.25, 0.3) is 11.0 Å². The van der Waals surface area contributed by atoms with Crippen molar-refractivity contribution >= 4 is 22.6 Å². The molecule has 0 N–H and O–H groups in total. The van der Waals surface area contributed by atoms with E-state index >= 15 is 0 Å². The fourth-order valence-electron chi connectivity index (χ4n) is 2.47. The molecule has 0 saturated heterocycles. The first-order valence-electron chi connectivity index (χ1n) is 5.74. The zero-order valence-corrected chi connectivity index (χ0v) is 10.3. The van der Waals surface area contributed by atoms with Gasteiger partial charge in [0.15, 0.2) is 0 Å². The minimum atomic E-state index is 0.195. The number of halogens is 1. The molecule has 1 aliphatic rings. The molecule has 0 radical (unpaired) electrons. The summed E-state index contributed by atoms with van der Waals surface area (Å²) in [6.45, 7) is 0. The van der Waals surface area contributed by atoms with E-state index in [9.17, 15) is 0 Å². The van der Waals surface area contributed by atoms with E-state index in [1.807, 2.05) is 4.68 Å². The summed E-state index contributed by atoms with van der Waals surface area (Å²) in [5.41, 5.74) is 1.59. The number of aromatic nitrogens is 4. The van der Waals surface area contributed by atoms with E-state index < -0.39 is 0 Å². The molecule has 0 amide bonds. The predicted octanol–water partition coefficient (Wildman–Crippen LogP) is 2.60. The first-order chi connectivity index (χ1) is 8.29. The van der Waals surface area contributed by atoms with E-state index in [4.69, 9.17) is 16.3 Å². The Morgan fingerprint density at radius 1 is 1.35 bits per heavy atom. The molecule has 0 spiro atoms. The van der Waals surface area contributed by atoms with Crippen LogP contribution in [-0.2, 0) is 0 Å². The van der Waals surface area contributed by atoms with Gasteiger partial charge in [-0.05, 0) is 24.4 Å². The summed E-state index contributed by atoms with van der Waals surface area (Å²) in [4.78, 5) is 8.26. The molecule has 2 aromatic rings. The third-order valence-electron chi connectivity index (χ3n) is 3.25. The lowest BCUT2D eigenvalue weighted by atomic mass is 10.2. The number of hydrogen-bond acceptors (Lipinski definition) is 4. The molecule has 0 atom stereocenters. The van der Waals surface area contributed by atoms with Gasteiger partial charge < -0.3 is 4.74 Å². The van der Waals surface area contributed by atoms with Gasteiger partial charge in [0.2, 0.25) is 11.2 Å². The zero-order valence-electron chi connectivity index (χ0n) is 9.56. The quantitative estimate of drug-likeness (QED) is 0.771. The second-order valence-corrected chi connectivity index (χ2v) is 4.60. The van der Waals surface area contributed by atoms with E-state index in [1.54, 1.807) is 13.3 Å². The van der Waals surface area contributed by atoms with E-state index in [-0.39, 0.29) is 5.28 Å². The van der Waals surface area contributed by atoms with Crippen LogP contribution >= 0.6 is 11.6 Å². The Morgan fingerprint density at radius 2 is 2.12 bits per heavy atom.